The molecule has 0 bridgehead atoms. The van der Waals surface area contributed by atoms with Crippen molar-refractivity contribution in [2.24, 2.45) is 0 Å². The van der Waals surface area contributed by atoms with E-state index in [2.05, 4.69) is 24.1 Å². The molecule has 1 heterocycles. The van der Waals surface area contributed by atoms with Crippen LogP contribution in [-0.4, -0.2) is 31.3 Å². The quantitative estimate of drug-likeness (QED) is 0.722. The topological polar surface area (TPSA) is 43.4 Å². The van der Waals surface area contributed by atoms with Crippen molar-refractivity contribution >= 4 is 0 Å². The lowest BCUT2D eigenvalue weighted by molar-refractivity contribution is 0.296. The van der Waals surface area contributed by atoms with Crippen LogP contribution in [-0.2, 0) is 0 Å². The summed E-state index contributed by atoms with van der Waals surface area (Å²) in [6, 6.07) is 4.12. The van der Waals surface area contributed by atoms with Crippen LogP contribution in [0, 0.1) is 0 Å². The van der Waals surface area contributed by atoms with E-state index in [4.69, 9.17) is 9.47 Å². The van der Waals surface area contributed by atoms with Gasteiger partial charge < -0.3 is 14.8 Å². The minimum atomic E-state index is 0.484. The Morgan fingerprint density at radius 1 is 1.40 bits per heavy atom. The monoisotopic (exact) mass is 210 g/mol. The Hall–Kier alpha value is -1.29. The van der Waals surface area contributed by atoms with Crippen LogP contribution in [0.1, 0.15) is 13.8 Å². The van der Waals surface area contributed by atoms with Gasteiger partial charge in [0.15, 0.2) is 0 Å². The molecule has 0 unspecified atom stereocenters. The molecular weight excluding hydrogens is 192 g/mol. The minimum absolute atomic E-state index is 0.484. The van der Waals surface area contributed by atoms with Gasteiger partial charge in [-0.2, -0.15) is 0 Å². The Labute approximate surface area is 90.6 Å². The first-order valence-corrected chi connectivity index (χ1v) is 5.08. The minimum Gasteiger partial charge on any atom is -0.495 e. The molecule has 0 saturated carbocycles. The van der Waals surface area contributed by atoms with Crippen LogP contribution in [0.25, 0.3) is 0 Å². The predicted molar refractivity (Wildman–Crippen MR) is 59.4 cm³/mol. The van der Waals surface area contributed by atoms with Crippen LogP contribution >= 0.6 is 0 Å². The number of pyridine rings is 1. The molecule has 0 radical (unpaired) electrons. The van der Waals surface area contributed by atoms with Gasteiger partial charge in [0.1, 0.15) is 12.4 Å². The summed E-state index contributed by atoms with van der Waals surface area (Å²) >= 11 is 0. The van der Waals surface area contributed by atoms with Crippen molar-refractivity contribution in [2.75, 3.05) is 20.3 Å². The summed E-state index contributed by atoms with van der Waals surface area (Å²) in [7, 11) is 1.62. The van der Waals surface area contributed by atoms with E-state index < -0.39 is 0 Å². The zero-order chi connectivity index (χ0) is 11.1. The molecule has 1 N–H and O–H groups in total. The van der Waals surface area contributed by atoms with Crippen molar-refractivity contribution in [3.05, 3.63) is 18.3 Å². The molecule has 0 aromatic carbocycles. The number of nitrogens with one attached hydrogen (secondary N) is 1. The summed E-state index contributed by atoms with van der Waals surface area (Å²) in [5, 5.41) is 3.26. The first kappa shape index (κ1) is 11.8. The molecule has 15 heavy (non-hydrogen) atoms. The summed E-state index contributed by atoms with van der Waals surface area (Å²) in [5.74, 6) is 1.36. The van der Waals surface area contributed by atoms with Gasteiger partial charge in [-0.15, -0.1) is 0 Å². The van der Waals surface area contributed by atoms with Gasteiger partial charge in [-0.05, 0) is 6.07 Å². The van der Waals surface area contributed by atoms with Crippen LogP contribution in [0.2, 0.25) is 0 Å². The fraction of sp³-hybridized carbons (Fsp3) is 0.545. The van der Waals surface area contributed by atoms with Crippen molar-refractivity contribution in [3.63, 3.8) is 0 Å². The fourth-order valence-corrected chi connectivity index (χ4v) is 1.08. The van der Waals surface area contributed by atoms with Crippen molar-refractivity contribution in [1.29, 1.82) is 0 Å². The molecule has 1 rings (SSSR count). The zero-order valence-corrected chi connectivity index (χ0v) is 9.49. The second-order valence-corrected chi connectivity index (χ2v) is 3.49. The normalized spacial score (nSPS) is 10.4. The average molecular weight is 210 g/mol. The molecule has 0 aliphatic carbocycles. The van der Waals surface area contributed by atoms with Crippen molar-refractivity contribution in [1.82, 2.24) is 10.3 Å². The SMILES string of the molecule is COc1ccc(OCCNC(C)C)nc1. The molecule has 0 spiro atoms. The second-order valence-electron chi connectivity index (χ2n) is 3.49. The van der Waals surface area contributed by atoms with Gasteiger partial charge in [-0.25, -0.2) is 4.98 Å². The maximum atomic E-state index is 5.43. The van der Waals surface area contributed by atoms with Gasteiger partial charge in [0.05, 0.1) is 13.3 Å². The molecule has 0 aliphatic heterocycles. The second kappa shape index (κ2) is 6.24. The number of hydrogen-bond acceptors (Lipinski definition) is 4. The lowest BCUT2D eigenvalue weighted by Crippen LogP contribution is -2.27. The number of rotatable bonds is 6. The first-order chi connectivity index (χ1) is 7.22. The Morgan fingerprint density at radius 3 is 2.73 bits per heavy atom. The highest BCUT2D eigenvalue weighted by molar-refractivity contribution is 5.22. The predicted octanol–water partition coefficient (Wildman–Crippen LogP) is 1.47. The van der Waals surface area contributed by atoms with Gasteiger partial charge in [0, 0.05) is 18.7 Å². The van der Waals surface area contributed by atoms with Gasteiger partial charge in [0.2, 0.25) is 5.88 Å². The zero-order valence-electron chi connectivity index (χ0n) is 9.49. The standard InChI is InChI=1S/C11H18N2O2/c1-9(2)12-6-7-15-11-5-4-10(14-3)8-13-11/h4-5,8-9,12H,6-7H2,1-3H3. The van der Waals surface area contributed by atoms with E-state index in [-0.39, 0.29) is 0 Å². The van der Waals surface area contributed by atoms with Crippen LogP contribution in [0.5, 0.6) is 11.6 Å². The molecule has 0 aliphatic rings. The number of ether oxygens (including phenoxy) is 2. The van der Waals surface area contributed by atoms with E-state index in [9.17, 15) is 0 Å². The van der Waals surface area contributed by atoms with Crippen molar-refractivity contribution in [2.45, 2.75) is 19.9 Å². The average Bonchev–Trinajstić information content (AvgIpc) is 2.25. The lowest BCUT2D eigenvalue weighted by atomic mass is 10.4. The maximum absolute atomic E-state index is 5.43. The van der Waals surface area contributed by atoms with E-state index in [1.54, 1.807) is 19.4 Å². The number of aromatic nitrogens is 1. The molecule has 0 saturated heterocycles. The third-order valence-electron chi connectivity index (χ3n) is 1.85. The molecule has 0 amide bonds. The Morgan fingerprint density at radius 2 is 2.20 bits per heavy atom. The Bertz CT molecular complexity index is 272. The van der Waals surface area contributed by atoms with Crippen molar-refractivity contribution in [3.8, 4) is 11.6 Å². The van der Waals surface area contributed by atoms with Crippen LogP contribution < -0.4 is 14.8 Å². The Kier molecular flexibility index (Phi) is 4.90. The van der Waals surface area contributed by atoms with E-state index in [1.807, 2.05) is 6.07 Å². The summed E-state index contributed by atoms with van der Waals surface area (Å²) in [5.41, 5.74) is 0. The smallest absolute Gasteiger partial charge is 0.213 e. The van der Waals surface area contributed by atoms with Gasteiger partial charge in [-0.3, -0.25) is 0 Å². The highest BCUT2D eigenvalue weighted by atomic mass is 16.5. The van der Waals surface area contributed by atoms with E-state index in [0.29, 0.717) is 18.5 Å². The van der Waals surface area contributed by atoms with Crippen molar-refractivity contribution < 1.29 is 9.47 Å². The molecule has 0 atom stereocenters. The highest BCUT2D eigenvalue weighted by Gasteiger charge is 1.97. The molecule has 0 fully saturated rings. The summed E-state index contributed by atoms with van der Waals surface area (Å²) in [4.78, 5) is 4.09. The summed E-state index contributed by atoms with van der Waals surface area (Å²) in [6.07, 6.45) is 1.64. The number of methoxy groups -OCH3 is 1. The number of hydrogen-bond donors (Lipinski definition) is 1. The molecule has 84 valence electrons. The van der Waals surface area contributed by atoms with Crippen LogP contribution in [0.15, 0.2) is 18.3 Å². The van der Waals surface area contributed by atoms with Gasteiger partial charge >= 0.3 is 0 Å². The van der Waals surface area contributed by atoms with Crippen LogP contribution in [0.3, 0.4) is 0 Å². The molecular formula is C11H18N2O2. The molecule has 1 aromatic rings. The maximum Gasteiger partial charge on any atom is 0.213 e. The van der Waals surface area contributed by atoms with E-state index in [0.717, 1.165) is 12.3 Å². The number of nitrogens with zero attached hydrogens (tertiary/aromatic N) is 1. The largest absolute Gasteiger partial charge is 0.495 e. The molecule has 4 nitrogen and oxygen atoms in total. The van der Waals surface area contributed by atoms with E-state index >= 15 is 0 Å². The molecule has 1 aromatic heterocycles. The van der Waals surface area contributed by atoms with Gasteiger partial charge in [-0.1, -0.05) is 13.8 Å². The first-order valence-electron chi connectivity index (χ1n) is 5.08. The fourth-order valence-electron chi connectivity index (χ4n) is 1.08. The van der Waals surface area contributed by atoms with Gasteiger partial charge in [0.25, 0.3) is 0 Å². The summed E-state index contributed by atoms with van der Waals surface area (Å²) in [6.45, 7) is 5.65. The lowest BCUT2D eigenvalue weighted by Gasteiger charge is -2.09. The Balaban J connectivity index is 2.25. The third kappa shape index (κ3) is 4.65. The van der Waals surface area contributed by atoms with E-state index in [1.165, 1.54) is 0 Å². The summed E-state index contributed by atoms with van der Waals surface area (Å²) < 4.78 is 10.4. The highest BCUT2D eigenvalue weighted by Crippen LogP contribution is 2.12. The molecule has 4 heteroatoms. The third-order valence-corrected chi connectivity index (χ3v) is 1.85. The van der Waals surface area contributed by atoms with Crippen LogP contribution in [0.4, 0.5) is 0 Å².